The van der Waals surface area contributed by atoms with Crippen molar-refractivity contribution in [3.05, 3.63) is 37.0 Å². The Morgan fingerprint density at radius 1 is 1.25 bits per heavy atom. The first kappa shape index (κ1) is 13.8. The summed E-state index contributed by atoms with van der Waals surface area (Å²) in [6.07, 6.45) is 9.34. The fourth-order valence-electron chi connectivity index (χ4n) is 0.786. The van der Waals surface area contributed by atoms with Crippen LogP contribution in [0, 0.1) is 0 Å². The van der Waals surface area contributed by atoms with Crippen molar-refractivity contribution in [2.24, 2.45) is 0 Å². The van der Waals surface area contributed by atoms with Gasteiger partial charge in [-0.3, -0.25) is 0 Å². The second-order valence-corrected chi connectivity index (χ2v) is 2.28. The summed E-state index contributed by atoms with van der Waals surface area (Å²) in [5, 5.41) is 0. The quantitative estimate of drug-likeness (QED) is 0.527. The summed E-state index contributed by atoms with van der Waals surface area (Å²) < 4.78 is 0. The molecule has 0 bridgehead atoms. The molecule has 70 valence electrons. The standard InChI is InChI=1S/C10H16.C2H6/c1-4-7-9-10(6-3)8-5-2;1-2/h5-6,8H,2-4,7,9H2,1H3;1-2H3/b10-8+;. The molecule has 0 N–H and O–H groups in total. The molecule has 0 saturated carbocycles. The van der Waals surface area contributed by atoms with Crippen LogP contribution < -0.4 is 0 Å². The highest BCUT2D eigenvalue weighted by Gasteiger charge is 1.87. The van der Waals surface area contributed by atoms with Crippen LogP contribution in [0.15, 0.2) is 37.0 Å². The summed E-state index contributed by atoms with van der Waals surface area (Å²) in [6.45, 7) is 13.5. The lowest BCUT2D eigenvalue weighted by atomic mass is 10.1. The summed E-state index contributed by atoms with van der Waals surface area (Å²) in [5.41, 5.74) is 1.29. The third kappa shape index (κ3) is 9.22. The van der Waals surface area contributed by atoms with Crippen molar-refractivity contribution in [2.45, 2.75) is 40.0 Å². The molecular formula is C12H22. The van der Waals surface area contributed by atoms with Crippen LogP contribution in [0.5, 0.6) is 0 Å². The van der Waals surface area contributed by atoms with E-state index in [0.717, 1.165) is 6.42 Å². The zero-order chi connectivity index (χ0) is 9.82. The zero-order valence-electron chi connectivity index (χ0n) is 8.77. The Hall–Kier alpha value is -0.780. The normalized spacial score (nSPS) is 9.75. The summed E-state index contributed by atoms with van der Waals surface area (Å²) in [7, 11) is 0. The second kappa shape index (κ2) is 12.9. The topological polar surface area (TPSA) is 0 Å². The van der Waals surface area contributed by atoms with Crippen molar-refractivity contribution < 1.29 is 0 Å². The molecule has 0 aliphatic heterocycles. The van der Waals surface area contributed by atoms with E-state index in [1.54, 1.807) is 0 Å². The summed E-state index contributed by atoms with van der Waals surface area (Å²) in [5.74, 6) is 0. The van der Waals surface area contributed by atoms with Crippen LogP contribution in [0.25, 0.3) is 0 Å². The van der Waals surface area contributed by atoms with Crippen molar-refractivity contribution >= 4 is 0 Å². The fourth-order valence-corrected chi connectivity index (χ4v) is 0.786. The molecule has 0 aromatic heterocycles. The number of hydrogen-bond donors (Lipinski definition) is 0. The number of rotatable bonds is 5. The lowest BCUT2D eigenvalue weighted by Gasteiger charge is -1.96. The van der Waals surface area contributed by atoms with E-state index in [1.807, 2.05) is 32.1 Å². The lowest BCUT2D eigenvalue weighted by Crippen LogP contribution is -1.76. The Kier molecular flexibility index (Phi) is 14.8. The van der Waals surface area contributed by atoms with Gasteiger partial charge in [-0.1, -0.05) is 58.6 Å². The van der Waals surface area contributed by atoms with Crippen LogP contribution in [0.3, 0.4) is 0 Å². The minimum atomic E-state index is 1.13. The minimum Gasteiger partial charge on any atom is -0.0991 e. The summed E-state index contributed by atoms with van der Waals surface area (Å²) in [4.78, 5) is 0. The molecule has 0 radical (unpaired) electrons. The smallest absolute Gasteiger partial charge is 0.0279 e. The van der Waals surface area contributed by atoms with Gasteiger partial charge in [0.05, 0.1) is 0 Å². The lowest BCUT2D eigenvalue weighted by molar-refractivity contribution is 0.798. The molecule has 0 amide bonds. The molecule has 0 aromatic carbocycles. The van der Waals surface area contributed by atoms with E-state index in [4.69, 9.17) is 0 Å². The first-order chi connectivity index (χ1) is 5.85. The van der Waals surface area contributed by atoms with E-state index in [9.17, 15) is 0 Å². The molecule has 0 unspecified atom stereocenters. The third-order valence-corrected chi connectivity index (χ3v) is 1.41. The van der Waals surface area contributed by atoms with Crippen LogP contribution >= 0.6 is 0 Å². The van der Waals surface area contributed by atoms with Gasteiger partial charge in [0.15, 0.2) is 0 Å². The van der Waals surface area contributed by atoms with Gasteiger partial charge in [-0.2, -0.15) is 0 Å². The highest BCUT2D eigenvalue weighted by Crippen LogP contribution is 2.07. The van der Waals surface area contributed by atoms with E-state index in [-0.39, 0.29) is 0 Å². The number of hydrogen-bond acceptors (Lipinski definition) is 0. The van der Waals surface area contributed by atoms with Gasteiger partial charge in [-0.05, 0) is 18.4 Å². The molecule has 0 saturated heterocycles. The van der Waals surface area contributed by atoms with Gasteiger partial charge >= 0.3 is 0 Å². The Bertz CT molecular complexity index is 129. The maximum Gasteiger partial charge on any atom is -0.0279 e. The molecule has 0 rings (SSSR count). The second-order valence-electron chi connectivity index (χ2n) is 2.28. The van der Waals surface area contributed by atoms with Gasteiger partial charge in [0.1, 0.15) is 0 Å². The molecule has 0 heteroatoms. The van der Waals surface area contributed by atoms with Gasteiger partial charge in [-0.25, -0.2) is 0 Å². The number of unbranched alkanes of at least 4 members (excludes halogenated alkanes) is 1. The van der Waals surface area contributed by atoms with Gasteiger partial charge in [-0.15, -0.1) is 0 Å². The van der Waals surface area contributed by atoms with Gasteiger partial charge < -0.3 is 0 Å². The Morgan fingerprint density at radius 3 is 2.17 bits per heavy atom. The average Bonchev–Trinajstić information content (AvgIpc) is 2.15. The SMILES string of the molecule is C=C/C=C(\C=C)CCCC.CC. The van der Waals surface area contributed by atoms with Crippen molar-refractivity contribution in [2.75, 3.05) is 0 Å². The van der Waals surface area contributed by atoms with Crippen LogP contribution in [-0.4, -0.2) is 0 Å². The predicted molar refractivity (Wildman–Crippen MR) is 59.4 cm³/mol. The van der Waals surface area contributed by atoms with Crippen LogP contribution in [0.4, 0.5) is 0 Å². The molecule has 0 aliphatic carbocycles. The summed E-state index contributed by atoms with van der Waals surface area (Å²) >= 11 is 0. The minimum absolute atomic E-state index is 1.13. The van der Waals surface area contributed by atoms with Gasteiger partial charge in [0.2, 0.25) is 0 Å². The van der Waals surface area contributed by atoms with Crippen LogP contribution in [0.2, 0.25) is 0 Å². The van der Waals surface area contributed by atoms with Crippen molar-refractivity contribution in [1.29, 1.82) is 0 Å². The molecule has 0 atom stereocenters. The largest absolute Gasteiger partial charge is 0.0991 e. The Morgan fingerprint density at radius 2 is 1.83 bits per heavy atom. The Labute approximate surface area is 77.7 Å². The molecule has 0 fully saturated rings. The van der Waals surface area contributed by atoms with Crippen LogP contribution in [0.1, 0.15) is 40.0 Å². The van der Waals surface area contributed by atoms with E-state index in [2.05, 4.69) is 20.1 Å². The van der Waals surface area contributed by atoms with E-state index in [1.165, 1.54) is 18.4 Å². The fraction of sp³-hybridized carbons (Fsp3) is 0.500. The molecule has 12 heavy (non-hydrogen) atoms. The van der Waals surface area contributed by atoms with Crippen molar-refractivity contribution in [3.63, 3.8) is 0 Å². The monoisotopic (exact) mass is 166 g/mol. The molecule has 0 spiro atoms. The maximum absolute atomic E-state index is 3.72. The Balaban J connectivity index is 0. The third-order valence-electron chi connectivity index (χ3n) is 1.41. The van der Waals surface area contributed by atoms with Crippen molar-refractivity contribution in [1.82, 2.24) is 0 Å². The molecule has 0 nitrogen and oxygen atoms in total. The number of allylic oxidation sites excluding steroid dienone is 4. The highest BCUT2D eigenvalue weighted by atomic mass is 13.9. The van der Waals surface area contributed by atoms with E-state index >= 15 is 0 Å². The van der Waals surface area contributed by atoms with E-state index in [0.29, 0.717) is 0 Å². The molecule has 0 aromatic rings. The van der Waals surface area contributed by atoms with Gasteiger partial charge in [0, 0.05) is 0 Å². The first-order valence-electron chi connectivity index (χ1n) is 4.79. The molecule has 0 aliphatic rings. The van der Waals surface area contributed by atoms with Crippen molar-refractivity contribution in [3.8, 4) is 0 Å². The zero-order valence-corrected chi connectivity index (χ0v) is 8.77. The first-order valence-corrected chi connectivity index (χ1v) is 4.79. The van der Waals surface area contributed by atoms with Gasteiger partial charge in [0.25, 0.3) is 0 Å². The highest BCUT2D eigenvalue weighted by molar-refractivity contribution is 5.20. The van der Waals surface area contributed by atoms with Crippen LogP contribution in [-0.2, 0) is 0 Å². The average molecular weight is 166 g/mol. The predicted octanol–water partition coefficient (Wildman–Crippen LogP) is 4.50. The molecule has 0 heterocycles. The van der Waals surface area contributed by atoms with E-state index < -0.39 is 0 Å². The maximum atomic E-state index is 3.72. The molecular weight excluding hydrogens is 144 g/mol. The summed E-state index contributed by atoms with van der Waals surface area (Å²) in [6, 6.07) is 0.